The van der Waals surface area contributed by atoms with Gasteiger partial charge in [-0.1, -0.05) is 6.08 Å². The van der Waals surface area contributed by atoms with Crippen molar-refractivity contribution in [2.75, 3.05) is 20.2 Å². The third-order valence-corrected chi connectivity index (χ3v) is 0.790. The van der Waals surface area contributed by atoms with E-state index in [4.69, 9.17) is 0 Å². The monoisotopic (exact) mass is 144 g/mol. The molecule has 0 aliphatic carbocycles. The van der Waals surface area contributed by atoms with Crippen LogP contribution in [0.4, 0.5) is 0 Å². The van der Waals surface area contributed by atoms with E-state index in [1.165, 1.54) is 7.11 Å². The fourth-order valence-corrected chi connectivity index (χ4v) is 0.438. The van der Waals surface area contributed by atoms with Gasteiger partial charge >= 0.3 is 0 Å². The fourth-order valence-electron chi connectivity index (χ4n) is 0.438. The Balaban J connectivity index is 3.13. The number of nitrogens with one attached hydrogen (secondary N) is 2. The number of amides is 1. The molecule has 0 unspecified atom stereocenters. The van der Waals surface area contributed by atoms with Crippen LogP contribution in [-0.2, 0) is 9.63 Å². The highest BCUT2D eigenvalue weighted by atomic mass is 16.6. The van der Waals surface area contributed by atoms with Crippen molar-refractivity contribution in [2.45, 2.75) is 0 Å². The van der Waals surface area contributed by atoms with Gasteiger partial charge in [-0.15, -0.1) is 6.58 Å². The molecule has 1 amide bonds. The minimum Gasteiger partial charge on any atom is -0.305 e. The lowest BCUT2D eigenvalue weighted by atomic mass is 10.5. The highest BCUT2D eigenvalue weighted by molar-refractivity contribution is 5.76. The van der Waals surface area contributed by atoms with Gasteiger partial charge in [-0.2, -0.15) is 0 Å². The van der Waals surface area contributed by atoms with Gasteiger partial charge in [0.15, 0.2) is 0 Å². The van der Waals surface area contributed by atoms with Crippen LogP contribution in [0.25, 0.3) is 0 Å². The van der Waals surface area contributed by atoms with E-state index >= 15 is 0 Å². The molecule has 0 heterocycles. The molecule has 0 saturated carbocycles. The number of rotatable bonds is 5. The van der Waals surface area contributed by atoms with Crippen LogP contribution < -0.4 is 10.8 Å². The molecule has 4 nitrogen and oxygen atoms in total. The van der Waals surface area contributed by atoms with Crippen molar-refractivity contribution in [1.29, 1.82) is 0 Å². The molecule has 0 fully saturated rings. The Morgan fingerprint density at radius 2 is 2.50 bits per heavy atom. The Kier molecular flexibility index (Phi) is 5.71. The first-order valence-corrected chi connectivity index (χ1v) is 2.94. The van der Waals surface area contributed by atoms with Gasteiger partial charge in [0.2, 0.25) is 0 Å². The predicted octanol–water partition coefficient (Wildman–Crippen LogP) is -0.560. The molecule has 0 radical (unpaired) electrons. The minimum atomic E-state index is -0.190. The molecule has 0 atom stereocenters. The lowest BCUT2D eigenvalue weighted by Gasteiger charge is -2.00. The molecule has 10 heavy (non-hydrogen) atoms. The van der Waals surface area contributed by atoms with Crippen LogP contribution in [0.5, 0.6) is 0 Å². The first kappa shape index (κ1) is 9.13. The van der Waals surface area contributed by atoms with Gasteiger partial charge < -0.3 is 5.32 Å². The fraction of sp³-hybridized carbons (Fsp3) is 0.500. The van der Waals surface area contributed by atoms with E-state index < -0.39 is 0 Å². The van der Waals surface area contributed by atoms with Crippen molar-refractivity contribution >= 4 is 5.91 Å². The predicted molar refractivity (Wildman–Crippen MR) is 38.2 cm³/mol. The molecule has 0 aromatic rings. The topological polar surface area (TPSA) is 50.4 Å². The molecule has 0 rings (SSSR count). The van der Waals surface area contributed by atoms with Crippen molar-refractivity contribution in [2.24, 2.45) is 0 Å². The summed E-state index contributed by atoms with van der Waals surface area (Å²) in [5.74, 6) is -0.190. The SMILES string of the molecule is C=CCNCC(=O)NOC. The van der Waals surface area contributed by atoms with E-state index in [1.807, 2.05) is 0 Å². The van der Waals surface area contributed by atoms with Gasteiger partial charge in [-0.05, 0) is 0 Å². The highest BCUT2D eigenvalue weighted by Gasteiger charge is 1.95. The molecular formula is C6H12N2O2. The van der Waals surface area contributed by atoms with Gasteiger partial charge in [-0.3, -0.25) is 9.63 Å². The van der Waals surface area contributed by atoms with E-state index in [0.717, 1.165) is 0 Å². The van der Waals surface area contributed by atoms with E-state index in [2.05, 4.69) is 22.2 Å². The number of hydrogen-bond donors (Lipinski definition) is 2. The Labute approximate surface area is 60.2 Å². The molecule has 0 aliphatic rings. The average molecular weight is 144 g/mol. The third-order valence-electron chi connectivity index (χ3n) is 0.790. The second kappa shape index (κ2) is 6.25. The van der Waals surface area contributed by atoms with Gasteiger partial charge in [0.25, 0.3) is 5.91 Å². The van der Waals surface area contributed by atoms with Crippen LogP contribution in [0.1, 0.15) is 0 Å². The summed E-state index contributed by atoms with van der Waals surface area (Å²) >= 11 is 0. The summed E-state index contributed by atoms with van der Waals surface area (Å²) in [6.07, 6.45) is 1.68. The van der Waals surface area contributed by atoms with Crippen LogP contribution >= 0.6 is 0 Å². The molecular weight excluding hydrogens is 132 g/mol. The average Bonchev–Trinajstić information content (AvgIpc) is 1.89. The molecule has 0 spiro atoms. The summed E-state index contributed by atoms with van der Waals surface area (Å²) in [6.45, 7) is 4.35. The number of carbonyl (C=O) groups excluding carboxylic acids is 1. The summed E-state index contributed by atoms with van der Waals surface area (Å²) in [4.78, 5) is 15.0. The summed E-state index contributed by atoms with van der Waals surface area (Å²) in [6, 6.07) is 0. The molecule has 4 heteroatoms. The van der Waals surface area contributed by atoms with Crippen LogP contribution in [0, 0.1) is 0 Å². The molecule has 0 aromatic heterocycles. The molecule has 0 bridgehead atoms. The summed E-state index contributed by atoms with van der Waals surface area (Å²) in [5, 5.41) is 2.81. The second-order valence-electron chi connectivity index (χ2n) is 1.65. The normalized spacial score (nSPS) is 8.90. The molecule has 2 N–H and O–H groups in total. The largest absolute Gasteiger partial charge is 0.305 e. The highest BCUT2D eigenvalue weighted by Crippen LogP contribution is 1.64. The third kappa shape index (κ3) is 5.27. The molecule has 0 saturated heterocycles. The first-order chi connectivity index (χ1) is 4.81. The van der Waals surface area contributed by atoms with Crippen LogP contribution in [0.15, 0.2) is 12.7 Å². The van der Waals surface area contributed by atoms with Gasteiger partial charge in [0.05, 0.1) is 13.7 Å². The summed E-state index contributed by atoms with van der Waals surface area (Å²) < 4.78 is 0. The van der Waals surface area contributed by atoms with E-state index in [-0.39, 0.29) is 12.5 Å². The minimum absolute atomic E-state index is 0.190. The Morgan fingerprint density at radius 1 is 1.80 bits per heavy atom. The Morgan fingerprint density at radius 3 is 3.00 bits per heavy atom. The van der Waals surface area contributed by atoms with E-state index in [1.54, 1.807) is 6.08 Å². The van der Waals surface area contributed by atoms with Crippen molar-refractivity contribution in [3.05, 3.63) is 12.7 Å². The van der Waals surface area contributed by atoms with Gasteiger partial charge in [0.1, 0.15) is 0 Å². The standard InChI is InChI=1S/C6H12N2O2/c1-3-4-7-5-6(9)8-10-2/h3,7H,1,4-5H2,2H3,(H,8,9). The lowest BCUT2D eigenvalue weighted by Crippen LogP contribution is -2.33. The van der Waals surface area contributed by atoms with Crippen molar-refractivity contribution < 1.29 is 9.63 Å². The maximum atomic E-state index is 10.6. The molecule has 58 valence electrons. The zero-order chi connectivity index (χ0) is 7.82. The molecule has 0 aromatic carbocycles. The van der Waals surface area contributed by atoms with Crippen molar-refractivity contribution in [1.82, 2.24) is 10.8 Å². The van der Waals surface area contributed by atoms with E-state index in [9.17, 15) is 4.79 Å². The Hall–Kier alpha value is -0.870. The van der Waals surface area contributed by atoms with Gasteiger partial charge in [-0.25, -0.2) is 5.48 Å². The number of hydroxylamine groups is 1. The molecule has 0 aliphatic heterocycles. The number of hydrogen-bond acceptors (Lipinski definition) is 3. The van der Waals surface area contributed by atoms with Crippen molar-refractivity contribution in [3.63, 3.8) is 0 Å². The van der Waals surface area contributed by atoms with Crippen LogP contribution in [-0.4, -0.2) is 26.1 Å². The zero-order valence-corrected chi connectivity index (χ0v) is 6.02. The second-order valence-corrected chi connectivity index (χ2v) is 1.65. The summed E-state index contributed by atoms with van der Waals surface area (Å²) in [5.41, 5.74) is 2.17. The smallest absolute Gasteiger partial charge is 0.257 e. The number of carbonyl (C=O) groups is 1. The van der Waals surface area contributed by atoms with Crippen LogP contribution in [0.2, 0.25) is 0 Å². The lowest BCUT2D eigenvalue weighted by molar-refractivity contribution is -0.130. The van der Waals surface area contributed by atoms with Gasteiger partial charge in [0, 0.05) is 6.54 Å². The maximum absolute atomic E-state index is 10.6. The quantitative estimate of drug-likeness (QED) is 0.309. The zero-order valence-electron chi connectivity index (χ0n) is 6.02. The first-order valence-electron chi connectivity index (χ1n) is 2.94. The van der Waals surface area contributed by atoms with Crippen molar-refractivity contribution in [3.8, 4) is 0 Å². The Bertz CT molecular complexity index is 114. The van der Waals surface area contributed by atoms with Crippen LogP contribution in [0.3, 0.4) is 0 Å². The van der Waals surface area contributed by atoms with E-state index in [0.29, 0.717) is 6.54 Å². The maximum Gasteiger partial charge on any atom is 0.257 e. The summed E-state index contributed by atoms with van der Waals surface area (Å²) in [7, 11) is 1.39.